The Bertz CT molecular complexity index is 432. The average Bonchev–Trinajstić information content (AvgIpc) is 3.11. The van der Waals surface area contributed by atoms with Gasteiger partial charge in [0.2, 0.25) is 0 Å². The van der Waals surface area contributed by atoms with Crippen LogP contribution in [0.25, 0.3) is 0 Å². The minimum absolute atomic E-state index is 0. The van der Waals surface area contributed by atoms with Gasteiger partial charge in [0, 0.05) is 25.0 Å². The molecule has 6 heteroatoms. The zero-order valence-electron chi connectivity index (χ0n) is 12.1. The Morgan fingerprint density at radius 2 is 2.25 bits per heavy atom. The molecule has 2 rings (SSSR count). The number of halogens is 2. The van der Waals surface area contributed by atoms with Gasteiger partial charge in [0.25, 0.3) is 0 Å². The van der Waals surface area contributed by atoms with Crippen molar-refractivity contribution in [2.24, 2.45) is 10.9 Å². The van der Waals surface area contributed by atoms with Gasteiger partial charge in [0.15, 0.2) is 5.96 Å². The van der Waals surface area contributed by atoms with Crippen molar-refractivity contribution in [1.29, 1.82) is 0 Å². The van der Waals surface area contributed by atoms with Gasteiger partial charge in [-0.25, -0.2) is 0 Å². The van der Waals surface area contributed by atoms with E-state index in [1.165, 1.54) is 24.1 Å². The van der Waals surface area contributed by atoms with Crippen LogP contribution in [-0.4, -0.2) is 31.0 Å². The smallest absolute Gasteiger partial charge is 0.193 e. The molecule has 1 aromatic rings. The normalized spacial score (nSPS) is 14.8. The fourth-order valence-electron chi connectivity index (χ4n) is 1.97. The molecule has 0 aromatic carbocycles. The summed E-state index contributed by atoms with van der Waals surface area (Å²) >= 11 is 7.60. The highest BCUT2D eigenvalue weighted by Gasteiger charge is 2.20. The maximum atomic E-state index is 5.96. The van der Waals surface area contributed by atoms with Gasteiger partial charge in [-0.05, 0) is 31.4 Å². The molecule has 0 unspecified atom stereocenters. The number of nitrogens with zero attached hydrogens (tertiary/aromatic N) is 2. The Balaban J connectivity index is 0.00000200. The summed E-state index contributed by atoms with van der Waals surface area (Å²) in [5, 5.41) is 3.35. The Hall–Kier alpha value is -0.0100. The van der Waals surface area contributed by atoms with E-state index >= 15 is 0 Å². The molecule has 0 bridgehead atoms. The Kier molecular flexibility index (Phi) is 8.21. The predicted octanol–water partition coefficient (Wildman–Crippen LogP) is 4.22. The van der Waals surface area contributed by atoms with Crippen LogP contribution in [0.5, 0.6) is 0 Å². The average molecular weight is 428 g/mol. The van der Waals surface area contributed by atoms with E-state index < -0.39 is 0 Å². The van der Waals surface area contributed by atoms with Crippen LogP contribution in [0.2, 0.25) is 4.34 Å². The zero-order valence-corrected chi connectivity index (χ0v) is 16.0. The van der Waals surface area contributed by atoms with Crippen molar-refractivity contribution in [3.63, 3.8) is 0 Å². The molecule has 1 N–H and O–H groups in total. The van der Waals surface area contributed by atoms with Gasteiger partial charge in [-0.1, -0.05) is 24.4 Å². The number of aliphatic imine (C=N–C) groups is 1. The van der Waals surface area contributed by atoms with Gasteiger partial charge in [-0.2, -0.15) is 0 Å². The highest BCUT2D eigenvalue weighted by atomic mass is 127. The third-order valence-electron chi connectivity index (χ3n) is 3.21. The second-order valence-electron chi connectivity index (χ2n) is 5.03. The van der Waals surface area contributed by atoms with Crippen molar-refractivity contribution in [2.45, 2.75) is 32.7 Å². The van der Waals surface area contributed by atoms with Crippen LogP contribution < -0.4 is 5.32 Å². The summed E-state index contributed by atoms with van der Waals surface area (Å²) < 4.78 is 0.846. The number of hydrogen-bond acceptors (Lipinski definition) is 2. The second kappa shape index (κ2) is 9.10. The largest absolute Gasteiger partial charge is 0.357 e. The molecule has 114 valence electrons. The molecular weight excluding hydrogens is 405 g/mol. The van der Waals surface area contributed by atoms with Crippen molar-refractivity contribution in [1.82, 2.24) is 10.2 Å². The van der Waals surface area contributed by atoms with E-state index in [1.54, 1.807) is 11.3 Å². The number of thiophene rings is 1. The zero-order chi connectivity index (χ0) is 13.7. The molecule has 1 aliphatic carbocycles. The first kappa shape index (κ1) is 18.0. The van der Waals surface area contributed by atoms with Crippen LogP contribution in [0.15, 0.2) is 17.1 Å². The van der Waals surface area contributed by atoms with Crippen molar-refractivity contribution in [2.75, 3.05) is 20.1 Å². The molecule has 0 amide bonds. The van der Waals surface area contributed by atoms with Crippen molar-refractivity contribution in [3.05, 3.63) is 21.3 Å². The standard InChI is InChI=1S/C14H22ClN3S.HI/c1-3-16-14(17-9-8-11-4-5-11)18(2)10-12-6-7-13(15)19-12;/h6-7,11H,3-5,8-10H2,1-2H3,(H,16,17);1H. The number of guanidine groups is 1. The molecule has 1 aliphatic rings. The van der Waals surface area contributed by atoms with Crippen LogP contribution >= 0.6 is 46.9 Å². The molecule has 20 heavy (non-hydrogen) atoms. The van der Waals surface area contributed by atoms with E-state index in [9.17, 15) is 0 Å². The van der Waals surface area contributed by atoms with Gasteiger partial charge in [0.05, 0.1) is 10.9 Å². The minimum atomic E-state index is 0. The summed E-state index contributed by atoms with van der Waals surface area (Å²) in [5.74, 6) is 1.93. The fourth-order valence-corrected chi connectivity index (χ4v) is 3.12. The molecular formula is C14H23ClIN3S. The van der Waals surface area contributed by atoms with E-state index in [-0.39, 0.29) is 24.0 Å². The summed E-state index contributed by atoms with van der Waals surface area (Å²) in [6.45, 7) is 4.79. The van der Waals surface area contributed by atoms with E-state index in [0.717, 1.165) is 35.8 Å². The van der Waals surface area contributed by atoms with Crippen molar-refractivity contribution in [3.8, 4) is 0 Å². The fraction of sp³-hybridized carbons (Fsp3) is 0.643. The third-order valence-corrected chi connectivity index (χ3v) is 4.43. The quantitative estimate of drug-likeness (QED) is 0.418. The Morgan fingerprint density at radius 1 is 1.50 bits per heavy atom. The molecule has 0 aliphatic heterocycles. The van der Waals surface area contributed by atoms with Crippen LogP contribution in [-0.2, 0) is 6.54 Å². The second-order valence-corrected chi connectivity index (χ2v) is 6.83. The maximum absolute atomic E-state index is 5.96. The molecule has 1 aromatic heterocycles. The van der Waals surface area contributed by atoms with Crippen molar-refractivity contribution < 1.29 is 0 Å². The number of hydrogen-bond donors (Lipinski definition) is 1. The summed E-state index contributed by atoms with van der Waals surface area (Å²) in [7, 11) is 2.08. The molecule has 1 saturated carbocycles. The first-order valence-electron chi connectivity index (χ1n) is 6.92. The highest BCUT2D eigenvalue weighted by Crippen LogP contribution is 2.32. The van der Waals surface area contributed by atoms with Gasteiger partial charge in [-0.3, -0.25) is 4.99 Å². The Labute approximate surface area is 147 Å². The Morgan fingerprint density at radius 3 is 2.80 bits per heavy atom. The van der Waals surface area contributed by atoms with Crippen LogP contribution in [0, 0.1) is 5.92 Å². The van der Waals surface area contributed by atoms with Gasteiger partial charge in [-0.15, -0.1) is 35.3 Å². The predicted molar refractivity (Wildman–Crippen MR) is 99.5 cm³/mol. The first-order valence-corrected chi connectivity index (χ1v) is 8.12. The lowest BCUT2D eigenvalue weighted by molar-refractivity contribution is 0.480. The van der Waals surface area contributed by atoms with Gasteiger partial charge >= 0.3 is 0 Å². The molecule has 1 fully saturated rings. The highest BCUT2D eigenvalue weighted by molar-refractivity contribution is 14.0. The molecule has 3 nitrogen and oxygen atoms in total. The van der Waals surface area contributed by atoms with Crippen LogP contribution in [0.4, 0.5) is 0 Å². The van der Waals surface area contributed by atoms with E-state index in [0.29, 0.717) is 0 Å². The summed E-state index contributed by atoms with van der Waals surface area (Å²) in [5.41, 5.74) is 0. The number of nitrogens with one attached hydrogen (secondary N) is 1. The topological polar surface area (TPSA) is 27.6 Å². The lowest BCUT2D eigenvalue weighted by Crippen LogP contribution is -2.38. The molecule has 1 heterocycles. The lowest BCUT2D eigenvalue weighted by Gasteiger charge is -2.21. The summed E-state index contributed by atoms with van der Waals surface area (Å²) in [4.78, 5) is 8.13. The molecule has 0 spiro atoms. The van der Waals surface area contributed by atoms with E-state index in [2.05, 4.69) is 30.3 Å². The van der Waals surface area contributed by atoms with Crippen molar-refractivity contribution >= 4 is 52.9 Å². The summed E-state index contributed by atoms with van der Waals surface area (Å²) in [6.07, 6.45) is 4.03. The van der Waals surface area contributed by atoms with Gasteiger partial charge in [0.1, 0.15) is 0 Å². The van der Waals surface area contributed by atoms with E-state index in [1.807, 2.05) is 6.07 Å². The molecule has 0 saturated heterocycles. The molecule has 0 atom stereocenters. The SMILES string of the molecule is CCNC(=NCCC1CC1)N(C)Cc1ccc(Cl)s1.I. The minimum Gasteiger partial charge on any atom is -0.357 e. The lowest BCUT2D eigenvalue weighted by atomic mass is 10.3. The van der Waals surface area contributed by atoms with Gasteiger partial charge < -0.3 is 10.2 Å². The van der Waals surface area contributed by atoms with Crippen LogP contribution in [0.3, 0.4) is 0 Å². The van der Waals surface area contributed by atoms with E-state index in [4.69, 9.17) is 16.6 Å². The maximum Gasteiger partial charge on any atom is 0.193 e. The monoisotopic (exact) mass is 427 g/mol. The summed E-state index contributed by atoms with van der Waals surface area (Å²) in [6, 6.07) is 4.03. The third kappa shape index (κ3) is 6.18. The number of rotatable bonds is 6. The first-order chi connectivity index (χ1) is 9.19. The van der Waals surface area contributed by atoms with Crippen LogP contribution in [0.1, 0.15) is 31.1 Å². The molecule has 0 radical (unpaired) electrons.